The van der Waals surface area contributed by atoms with Crippen molar-refractivity contribution >= 4 is 7.28 Å². The van der Waals surface area contributed by atoms with Gasteiger partial charge in [-0.1, -0.05) is 43.5 Å². The van der Waals surface area contributed by atoms with Crippen LogP contribution in [0.15, 0.2) is 30.3 Å². The summed E-state index contributed by atoms with van der Waals surface area (Å²) in [5, 5.41) is 0. The maximum atomic E-state index is 2.20. The van der Waals surface area contributed by atoms with Crippen molar-refractivity contribution in [3.63, 3.8) is 0 Å². The zero-order chi connectivity index (χ0) is 7.23. The molecule has 0 aliphatic heterocycles. The number of rotatable bonds is 3. The summed E-state index contributed by atoms with van der Waals surface area (Å²) in [4.78, 5) is 0. The van der Waals surface area contributed by atoms with Gasteiger partial charge in [0.2, 0.25) is 0 Å². The van der Waals surface area contributed by atoms with Crippen molar-refractivity contribution in [2.45, 2.75) is 19.6 Å². The van der Waals surface area contributed by atoms with E-state index in [4.69, 9.17) is 0 Å². The lowest BCUT2D eigenvalue weighted by atomic mass is 9.76. The van der Waals surface area contributed by atoms with Gasteiger partial charge in [-0.05, 0) is 12.0 Å². The van der Waals surface area contributed by atoms with E-state index in [-0.39, 0.29) is 0 Å². The molecular weight excluding hydrogens is 119 g/mol. The van der Waals surface area contributed by atoms with E-state index in [1.165, 1.54) is 18.3 Å². The molecule has 1 radical (unpaired) electrons. The number of hydrogen-bond acceptors (Lipinski definition) is 0. The molecule has 0 amide bonds. The Labute approximate surface area is 63.5 Å². The summed E-state index contributed by atoms with van der Waals surface area (Å²) in [6.07, 6.45) is 2.36. The minimum Gasteiger partial charge on any atom is -0.0920 e. The monoisotopic (exact) mass is 131 g/mol. The zero-order valence-corrected chi connectivity index (χ0v) is 6.38. The Bertz CT molecular complexity index is 169. The third-order valence-corrected chi connectivity index (χ3v) is 1.56. The first kappa shape index (κ1) is 7.39. The molecule has 0 fully saturated rings. The molecule has 0 aliphatic carbocycles. The molecule has 1 aromatic rings. The largest absolute Gasteiger partial charge is 0.106 e. The van der Waals surface area contributed by atoms with Crippen LogP contribution in [0.4, 0.5) is 0 Å². The van der Waals surface area contributed by atoms with E-state index >= 15 is 0 Å². The summed E-state index contributed by atoms with van der Waals surface area (Å²) in [7, 11) is 2.20. The highest BCUT2D eigenvalue weighted by molar-refractivity contribution is 6.33. The van der Waals surface area contributed by atoms with E-state index in [9.17, 15) is 0 Å². The van der Waals surface area contributed by atoms with Crippen molar-refractivity contribution in [1.29, 1.82) is 0 Å². The number of hydrogen-bond donors (Lipinski definition) is 0. The highest BCUT2D eigenvalue weighted by Gasteiger charge is 1.88. The SMILES string of the molecule is C[B]CCc1ccccc1. The molecular formula is C9H12B. The van der Waals surface area contributed by atoms with E-state index < -0.39 is 0 Å². The molecule has 1 aromatic carbocycles. The molecule has 1 rings (SSSR count). The average Bonchev–Trinajstić information content (AvgIpc) is 2.03. The maximum absolute atomic E-state index is 2.20. The Kier molecular flexibility index (Phi) is 3.07. The average molecular weight is 131 g/mol. The van der Waals surface area contributed by atoms with Crippen molar-refractivity contribution in [3.8, 4) is 0 Å². The van der Waals surface area contributed by atoms with Crippen LogP contribution in [0.25, 0.3) is 0 Å². The van der Waals surface area contributed by atoms with Crippen LogP contribution < -0.4 is 0 Å². The van der Waals surface area contributed by atoms with Crippen LogP contribution >= 0.6 is 0 Å². The van der Waals surface area contributed by atoms with Gasteiger partial charge in [0.25, 0.3) is 0 Å². The first-order valence-electron chi connectivity index (χ1n) is 3.75. The maximum Gasteiger partial charge on any atom is 0.106 e. The van der Waals surface area contributed by atoms with Crippen LogP contribution in [0, 0.1) is 0 Å². The van der Waals surface area contributed by atoms with Crippen molar-refractivity contribution in [1.82, 2.24) is 0 Å². The normalized spacial score (nSPS) is 9.30. The third kappa shape index (κ3) is 2.26. The lowest BCUT2D eigenvalue weighted by molar-refractivity contribution is 1.12. The highest BCUT2D eigenvalue weighted by Crippen LogP contribution is 2.01. The van der Waals surface area contributed by atoms with Crippen molar-refractivity contribution in [3.05, 3.63) is 35.9 Å². The Morgan fingerprint density at radius 3 is 2.50 bits per heavy atom. The lowest BCUT2D eigenvalue weighted by Crippen LogP contribution is -1.86. The fourth-order valence-electron chi connectivity index (χ4n) is 0.956. The summed E-state index contributed by atoms with van der Waals surface area (Å²) in [5.41, 5.74) is 1.43. The van der Waals surface area contributed by atoms with Gasteiger partial charge in [0.1, 0.15) is 7.28 Å². The van der Waals surface area contributed by atoms with Crippen LogP contribution in [-0.4, -0.2) is 7.28 Å². The van der Waals surface area contributed by atoms with E-state index in [0.29, 0.717) is 0 Å². The molecule has 0 nitrogen and oxygen atoms in total. The van der Waals surface area contributed by atoms with Crippen LogP contribution in [0.2, 0.25) is 13.1 Å². The molecule has 0 bridgehead atoms. The quantitative estimate of drug-likeness (QED) is 0.552. The molecule has 0 spiro atoms. The summed E-state index contributed by atoms with van der Waals surface area (Å²) >= 11 is 0. The second-order valence-electron chi connectivity index (χ2n) is 2.43. The van der Waals surface area contributed by atoms with Gasteiger partial charge in [0.05, 0.1) is 0 Å². The molecule has 1 heteroatoms. The van der Waals surface area contributed by atoms with Crippen LogP contribution in [0.1, 0.15) is 5.56 Å². The van der Waals surface area contributed by atoms with E-state index in [1.54, 1.807) is 0 Å². The van der Waals surface area contributed by atoms with Gasteiger partial charge in [0, 0.05) is 0 Å². The molecule has 0 atom stereocenters. The first-order chi connectivity index (χ1) is 4.93. The summed E-state index contributed by atoms with van der Waals surface area (Å²) < 4.78 is 0. The van der Waals surface area contributed by atoms with Gasteiger partial charge in [-0.3, -0.25) is 0 Å². The first-order valence-corrected chi connectivity index (χ1v) is 3.75. The standard InChI is InChI=1S/C9H12B/c1-10-8-7-9-5-3-2-4-6-9/h2-6H,7-8H2,1H3. The topological polar surface area (TPSA) is 0 Å². The van der Waals surface area contributed by atoms with Crippen LogP contribution in [0.3, 0.4) is 0 Å². The van der Waals surface area contributed by atoms with Crippen molar-refractivity contribution in [2.75, 3.05) is 0 Å². The molecule has 51 valence electrons. The van der Waals surface area contributed by atoms with Gasteiger partial charge in [0.15, 0.2) is 0 Å². The van der Waals surface area contributed by atoms with Gasteiger partial charge in [-0.15, -0.1) is 0 Å². The minimum absolute atomic E-state index is 1.18. The smallest absolute Gasteiger partial charge is 0.0920 e. The molecule has 0 saturated carbocycles. The summed E-state index contributed by atoms with van der Waals surface area (Å²) in [5.74, 6) is 0. The highest BCUT2D eigenvalue weighted by atomic mass is 13.9. The Morgan fingerprint density at radius 1 is 1.20 bits per heavy atom. The molecule has 0 aliphatic rings. The molecule has 0 N–H and O–H groups in total. The number of aryl methyl sites for hydroxylation is 1. The second-order valence-corrected chi connectivity index (χ2v) is 2.43. The Hall–Kier alpha value is -0.715. The molecule has 0 unspecified atom stereocenters. The molecule has 10 heavy (non-hydrogen) atoms. The second kappa shape index (κ2) is 4.16. The number of benzene rings is 1. The van der Waals surface area contributed by atoms with Gasteiger partial charge in [-0.2, -0.15) is 0 Å². The fourth-order valence-corrected chi connectivity index (χ4v) is 0.956. The van der Waals surface area contributed by atoms with Gasteiger partial charge >= 0.3 is 0 Å². The van der Waals surface area contributed by atoms with E-state index in [1.807, 2.05) is 0 Å². The Morgan fingerprint density at radius 2 is 1.90 bits per heavy atom. The summed E-state index contributed by atoms with van der Waals surface area (Å²) in [6, 6.07) is 10.6. The van der Waals surface area contributed by atoms with Crippen LogP contribution in [0.5, 0.6) is 0 Å². The summed E-state index contributed by atoms with van der Waals surface area (Å²) in [6.45, 7) is 2.10. The molecule has 0 heterocycles. The van der Waals surface area contributed by atoms with Gasteiger partial charge < -0.3 is 0 Å². The molecule has 0 saturated heterocycles. The predicted molar refractivity (Wildman–Crippen MR) is 46.6 cm³/mol. The predicted octanol–water partition coefficient (Wildman–Crippen LogP) is 2.40. The lowest BCUT2D eigenvalue weighted by Gasteiger charge is -1.95. The Balaban J connectivity index is 2.43. The molecule has 0 aromatic heterocycles. The van der Waals surface area contributed by atoms with E-state index in [0.717, 1.165) is 0 Å². The van der Waals surface area contributed by atoms with Crippen molar-refractivity contribution in [2.24, 2.45) is 0 Å². The van der Waals surface area contributed by atoms with Crippen LogP contribution in [-0.2, 0) is 6.42 Å². The third-order valence-electron chi connectivity index (χ3n) is 1.56. The van der Waals surface area contributed by atoms with Crippen molar-refractivity contribution < 1.29 is 0 Å². The fraction of sp³-hybridized carbons (Fsp3) is 0.333. The van der Waals surface area contributed by atoms with E-state index in [2.05, 4.69) is 44.4 Å². The van der Waals surface area contributed by atoms with Gasteiger partial charge in [-0.25, -0.2) is 0 Å². The minimum atomic E-state index is 1.18. The zero-order valence-electron chi connectivity index (χ0n) is 6.38.